The van der Waals surface area contributed by atoms with Gasteiger partial charge in [-0.25, -0.2) is 0 Å². The summed E-state index contributed by atoms with van der Waals surface area (Å²) in [4.78, 5) is 40.5. The average molecular weight is 350 g/mol. The number of nitrogens with zero attached hydrogens (tertiary/aromatic N) is 4. The number of nitro groups is 1. The van der Waals surface area contributed by atoms with E-state index in [1.807, 2.05) is 18.2 Å². The summed E-state index contributed by atoms with van der Waals surface area (Å²) in [5.74, 6) is -0.993. The van der Waals surface area contributed by atoms with Crippen molar-refractivity contribution in [2.45, 2.75) is 6.54 Å². The fraction of sp³-hybridized carbons (Fsp3) is 0.0588. The summed E-state index contributed by atoms with van der Waals surface area (Å²) < 4.78 is 5.15. The zero-order valence-corrected chi connectivity index (χ0v) is 13.2. The number of amides is 2. The van der Waals surface area contributed by atoms with Gasteiger partial charge in [0.15, 0.2) is 5.82 Å². The van der Waals surface area contributed by atoms with E-state index in [4.69, 9.17) is 4.52 Å². The topological polar surface area (TPSA) is 119 Å². The minimum absolute atomic E-state index is 0.00372. The molecule has 0 radical (unpaired) electrons. The zero-order valence-electron chi connectivity index (χ0n) is 13.2. The molecule has 4 rings (SSSR count). The minimum Gasteiger partial charge on any atom is -0.334 e. The number of rotatable bonds is 4. The van der Waals surface area contributed by atoms with Gasteiger partial charge >= 0.3 is 0 Å². The Kier molecular flexibility index (Phi) is 3.54. The molecule has 0 saturated heterocycles. The van der Waals surface area contributed by atoms with Crippen molar-refractivity contribution in [1.82, 2.24) is 15.0 Å². The summed E-state index contributed by atoms with van der Waals surface area (Å²) in [5.41, 5.74) is 0.0796. The first-order valence-corrected chi connectivity index (χ1v) is 7.58. The molecule has 2 heterocycles. The summed E-state index contributed by atoms with van der Waals surface area (Å²) in [6, 6.07) is 13.0. The molecule has 1 aromatic heterocycles. The van der Waals surface area contributed by atoms with Crippen molar-refractivity contribution in [2.24, 2.45) is 0 Å². The van der Waals surface area contributed by atoms with Crippen molar-refractivity contribution in [3.63, 3.8) is 0 Å². The average Bonchev–Trinajstić information content (AvgIpc) is 3.22. The maximum absolute atomic E-state index is 12.5. The first kappa shape index (κ1) is 15.6. The van der Waals surface area contributed by atoms with E-state index in [9.17, 15) is 19.7 Å². The Balaban J connectivity index is 1.63. The fourth-order valence-corrected chi connectivity index (χ4v) is 2.77. The highest BCUT2D eigenvalue weighted by atomic mass is 16.6. The van der Waals surface area contributed by atoms with Crippen LogP contribution in [0.2, 0.25) is 0 Å². The van der Waals surface area contributed by atoms with Gasteiger partial charge in [0.25, 0.3) is 23.4 Å². The molecule has 3 aromatic rings. The molecule has 0 N–H and O–H groups in total. The Morgan fingerprint density at radius 1 is 1.04 bits per heavy atom. The third-order valence-electron chi connectivity index (χ3n) is 3.96. The quantitative estimate of drug-likeness (QED) is 0.402. The Morgan fingerprint density at radius 2 is 1.81 bits per heavy atom. The molecule has 0 aliphatic carbocycles. The number of carbonyl (C=O) groups is 2. The largest absolute Gasteiger partial charge is 0.334 e. The van der Waals surface area contributed by atoms with Crippen molar-refractivity contribution in [2.75, 3.05) is 0 Å². The molecule has 2 aromatic carbocycles. The van der Waals surface area contributed by atoms with E-state index in [0.29, 0.717) is 5.56 Å². The van der Waals surface area contributed by atoms with E-state index in [2.05, 4.69) is 10.1 Å². The van der Waals surface area contributed by atoms with Gasteiger partial charge in [-0.15, -0.1) is 0 Å². The molecule has 1 aliphatic rings. The SMILES string of the molecule is O=C1c2cccc([N+](=O)[O-])c2C(=O)N1Cc1noc(-c2ccccc2)n1. The fourth-order valence-electron chi connectivity index (χ4n) is 2.77. The van der Waals surface area contributed by atoms with Gasteiger partial charge < -0.3 is 4.52 Å². The van der Waals surface area contributed by atoms with Gasteiger partial charge in [-0.2, -0.15) is 4.98 Å². The van der Waals surface area contributed by atoms with Gasteiger partial charge in [-0.05, 0) is 18.2 Å². The molecule has 0 spiro atoms. The smallest absolute Gasteiger partial charge is 0.282 e. The Labute approximate surface area is 146 Å². The van der Waals surface area contributed by atoms with Crippen LogP contribution in [0.5, 0.6) is 0 Å². The van der Waals surface area contributed by atoms with E-state index in [1.165, 1.54) is 18.2 Å². The van der Waals surface area contributed by atoms with E-state index in [-0.39, 0.29) is 29.4 Å². The van der Waals surface area contributed by atoms with Gasteiger partial charge in [0.1, 0.15) is 5.56 Å². The summed E-state index contributed by atoms with van der Waals surface area (Å²) in [7, 11) is 0. The Morgan fingerprint density at radius 3 is 2.54 bits per heavy atom. The third kappa shape index (κ3) is 2.42. The van der Waals surface area contributed by atoms with E-state index in [1.54, 1.807) is 12.1 Å². The van der Waals surface area contributed by atoms with Gasteiger partial charge in [0.2, 0.25) is 0 Å². The van der Waals surface area contributed by atoms with Gasteiger partial charge in [0.05, 0.1) is 17.0 Å². The Bertz CT molecular complexity index is 1040. The second kappa shape index (κ2) is 5.88. The lowest BCUT2D eigenvalue weighted by Crippen LogP contribution is -2.29. The number of benzene rings is 2. The molecular weight excluding hydrogens is 340 g/mol. The Hall–Kier alpha value is -3.88. The second-order valence-electron chi connectivity index (χ2n) is 5.54. The van der Waals surface area contributed by atoms with E-state index in [0.717, 1.165) is 4.90 Å². The number of carbonyl (C=O) groups excluding carboxylic acids is 2. The van der Waals surface area contributed by atoms with Crippen LogP contribution in [0.25, 0.3) is 11.5 Å². The second-order valence-corrected chi connectivity index (χ2v) is 5.54. The predicted octanol–water partition coefficient (Wildman–Crippen LogP) is 2.44. The van der Waals surface area contributed by atoms with Gasteiger partial charge in [-0.1, -0.05) is 29.4 Å². The van der Waals surface area contributed by atoms with Crippen LogP contribution in [0, 0.1) is 10.1 Å². The maximum Gasteiger partial charge on any atom is 0.282 e. The molecule has 0 saturated carbocycles. The van der Waals surface area contributed by atoms with Gasteiger partial charge in [0, 0.05) is 11.6 Å². The van der Waals surface area contributed by atoms with Gasteiger partial charge in [-0.3, -0.25) is 24.6 Å². The van der Waals surface area contributed by atoms with E-state index < -0.39 is 22.4 Å². The van der Waals surface area contributed by atoms with E-state index >= 15 is 0 Å². The molecule has 0 unspecified atom stereocenters. The van der Waals surface area contributed by atoms with Crippen LogP contribution in [-0.2, 0) is 6.54 Å². The first-order valence-electron chi connectivity index (χ1n) is 7.58. The lowest BCUT2D eigenvalue weighted by atomic mass is 10.1. The number of hydrogen-bond donors (Lipinski definition) is 0. The molecule has 128 valence electrons. The summed E-state index contributed by atoms with van der Waals surface area (Å²) in [6.07, 6.45) is 0. The number of aromatic nitrogens is 2. The lowest BCUT2D eigenvalue weighted by Gasteiger charge is -2.10. The van der Waals surface area contributed by atoms with Crippen molar-refractivity contribution in [3.05, 3.63) is 75.6 Å². The van der Waals surface area contributed by atoms with Crippen LogP contribution in [0.3, 0.4) is 0 Å². The minimum atomic E-state index is -0.747. The number of imide groups is 1. The number of fused-ring (bicyclic) bond motifs is 1. The molecule has 2 amide bonds. The van der Waals surface area contributed by atoms with Crippen LogP contribution in [-0.4, -0.2) is 31.8 Å². The maximum atomic E-state index is 12.5. The van der Waals surface area contributed by atoms with Crippen LogP contribution >= 0.6 is 0 Å². The molecule has 0 atom stereocenters. The van der Waals surface area contributed by atoms with Crippen molar-refractivity contribution in [1.29, 1.82) is 0 Å². The van der Waals surface area contributed by atoms with Crippen LogP contribution in [0.4, 0.5) is 5.69 Å². The lowest BCUT2D eigenvalue weighted by molar-refractivity contribution is -0.385. The molecule has 9 heteroatoms. The molecule has 0 bridgehead atoms. The van der Waals surface area contributed by atoms with Crippen LogP contribution in [0.1, 0.15) is 26.5 Å². The highest BCUT2D eigenvalue weighted by Gasteiger charge is 2.41. The van der Waals surface area contributed by atoms with Crippen LogP contribution in [0.15, 0.2) is 53.1 Å². The van der Waals surface area contributed by atoms with Crippen molar-refractivity contribution >= 4 is 17.5 Å². The molecule has 0 fully saturated rings. The van der Waals surface area contributed by atoms with Crippen molar-refractivity contribution < 1.29 is 19.0 Å². The molecule has 1 aliphatic heterocycles. The summed E-state index contributed by atoms with van der Waals surface area (Å²) >= 11 is 0. The molecular formula is C17H10N4O5. The van der Waals surface area contributed by atoms with Crippen LogP contribution < -0.4 is 0 Å². The standard InChI is InChI=1S/C17H10N4O5/c22-16-11-7-4-8-12(21(24)25)14(11)17(23)20(16)9-13-18-15(26-19-13)10-5-2-1-3-6-10/h1-8H,9H2. The highest BCUT2D eigenvalue weighted by molar-refractivity contribution is 6.23. The molecule has 9 nitrogen and oxygen atoms in total. The number of nitro benzene ring substituents is 1. The zero-order chi connectivity index (χ0) is 18.3. The first-order chi connectivity index (χ1) is 12.6. The normalized spacial score (nSPS) is 13.2. The van der Waals surface area contributed by atoms with Crippen molar-refractivity contribution in [3.8, 4) is 11.5 Å². The number of hydrogen-bond acceptors (Lipinski definition) is 7. The summed E-state index contributed by atoms with van der Waals surface area (Å²) in [6.45, 7) is -0.236. The monoisotopic (exact) mass is 350 g/mol. The highest BCUT2D eigenvalue weighted by Crippen LogP contribution is 2.31. The molecule has 26 heavy (non-hydrogen) atoms. The summed E-state index contributed by atoms with van der Waals surface area (Å²) in [5, 5.41) is 14.9. The predicted molar refractivity (Wildman–Crippen MR) is 87.0 cm³/mol. The third-order valence-corrected chi connectivity index (χ3v) is 3.96.